The van der Waals surface area contributed by atoms with Gasteiger partial charge in [-0.2, -0.15) is 0 Å². The first-order valence-corrected chi connectivity index (χ1v) is 10.0. The summed E-state index contributed by atoms with van der Waals surface area (Å²) in [6.45, 7) is 1.86. The van der Waals surface area contributed by atoms with Crippen molar-refractivity contribution in [3.63, 3.8) is 0 Å². The zero-order valence-corrected chi connectivity index (χ0v) is 17.2. The first-order chi connectivity index (χ1) is 15.5. The number of anilines is 1. The number of benzene rings is 3. The first kappa shape index (κ1) is 21.0. The van der Waals surface area contributed by atoms with E-state index in [1.54, 1.807) is 48.5 Å². The predicted molar refractivity (Wildman–Crippen MR) is 116 cm³/mol. The molecule has 4 rings (SSSR count). The van der Waals surface area contributed by atoms with Gasteiger partial charge in [-0.05, 0) is 37.3 Å². The molecule has 0 atom stereocenters. The lowest BCUT2D eigenvalue weighted by Gasteiger charge is -2.19. The maximum atomic E-state index is 13.0. The van der Waals surface area contributed by atoms with Crippen molar-refractivity contribution in [1.82, 2.24) is 0 Å². The molecule has 0 heterocycles. The standard InChI is InChI=1S/C25H19NO6/c1-2-31-16-12-10-15(11-13-16)26-21(27)14-32-25(30)20-9-5-8-19-22(20)24(29)18-7-4-3-6-17(18)23(19)28/h3-13H,2,14H2,1H3,(H,26,27). The van der Waals surface area contributed by atoms with E-state index >= 15 is 0 Å². The summed E-state index contributed by atoms with van der Waals surface area (Å²) in [6, 6.07) is 17.6. The number of nitrogens with one attached hydrogen (secondary N) is 1. The second-order valence-corrected chi connectivity index (χ2v) is 7.01. The average molecular weight is 429 g/mol. The molecule has 0 saturated heterocycles. The summed E-state index contributed by atoms with van der Waals surface area (Å²) in [5.74, 6) is -1.49. The number of carbonyl (C=O) groups is 4. The number of hydrogen-bond acceptors (Lipinski definition) is 6. The molecule has 0 aliphatic heterocycles. The molecule has 1 aliphatic carbocycles. The molecule has 3 aromatic carbocycles. The summed E-state index contributed by atoms with van der Waals surface area (Å²) in [6.07, 6.45) is 0. The van der Waals surface area contributed by atoms with Gasteiger partial charge in [-0.1, -0.05) is 36.4 Å². The molecule has 160 valence electrons. The third-order valence-corrected chi connectivity index (χ3v) is 4.96. The van der Waals surface area contributed by atoms with Gasteiger partial charge in [0.05, 0.1) is 12.2 Å². The van der Waals surface area contributed by atoms with Gasteiger partial charge in [0.25, 0.3) is 5.91 Å². The summed E-state index contributed by atoms with van der Waals surface area (Å²) in [4.78, 5) is 50.6. The van der Waals surface area contributed by atoms with E-state index in [0.29, 0.717) is 23.6 Å². The molecular formula is C25H19NO6. The van der Waals surface area contributed by atoms with Crippen LogP contribution in [0.4, 0.5) is 5.69 Å². The SMILES string of the molecule is CCOc1ccc(NC(=O)COC(=O)c2cccc3c2C(=O)c2ccccc2C3=O)cc1. The fraction of sp³-hybridized carbons (Fsp3) is 0.120. The van der Waals surface area contributed by atoms with Crippen LogP contribution in [0.3, 0.4) is 0 Å². The Morgan fingerprint density at radius 3 is 2.16 bits per heavy atom. The molecule has 32 heavy (non-hydrogen) atoms. The van der Waals surface area contributed by atoms with E-state index in [9.17, 15) is 19.2 Å². The minimum Gasteiger partial charge on any atom is -0.494 e. The molecule has 3 aromatic rings. The summed E-state index contributed by atoms with van der Waals surface area (Å²) in [7, 11) is 0. The number of amides is 1. The summed E-state index contributed by atoms with van der Waals surface area (Å²) < 4.78 is 10.5. The van der Waals surface area contributed by atoms with Gasteiger partial charge in [-0.3, -0.25) is 14.4 Å². The number of fused-ring (bicyclic) bond motifs is 2. The van der Waals surface area contributed by atoms with Gasteiger partial charge in [-0.15, -0.1) is 0 Å². The van der Waals surface area contributed by atoms with Crippen molar-refractivity contribution in [2.45, 2.75) is 6.92 Å². The molecule has 1 aliphatic rings. The highest BCUT2D eigenvalue weighted by atomic mass is 16.5. The lowest BCUT2D eigenvalue weighted by Crippen LogP contribution is -2.26. The monoisotopic (exact) mass is 429 g/mol. The molecule has 1 amide bonds. The second kappa shape index (κ2) is 8.85. The third-order valence-electron chi connectivity index (χ3n) is 4.96. The van der Waals surface area contributed by atoms with Crippen LogP contribution >= 0.6 is 0 Å². The Morgan fingerprint density at radius 2 is 1.47 bits per heavy atom. The van der Waals surface area contributed by atoms with E-state index in [1.807, 2.05) is 6.92 Å². The topological polar surface area (TPSA) is 98.8 Å². The predicted octanol–water partition coefficient (Wildman–Crippen LogP) is 3.66. The van der Waals surface area contributed by atoms with E-state index in [0.717, 1.165) is 0 Å². The van der Waals surface area contributed by atoms with Gasteiger partial charge < -0.3 is 14.8 Å². The van der Waals surface area contributed by atoms with Crippen molar-refractivity contribution < 1.29 is 28.7 Å². The average Bonchev–Trinajstić information content (AvgIpc) is 2.82. The van der Waals surface area contributed by atoms with Gasteiger partial charge in [0, 0.05) is 27.9 Å². The van der Waals surface area contributed by atoms with Crippen molar-refractivity contribution in [3.8, 4) is 5.75 Å². The van der Waals surface area contributed by atoms with E-state index in [1.165, 1.54) is 18.2 Å². The Bertz CT molecular complexity index is 1230. The van der Waals surface area contributed by atoms with Crippen molar-refractivity contribution in [1.29, 1.82) is 0 Å². The van der Waals surface area contributed by atoms with Crippen LogP contribution in [0.1, 0.15) is 49.1 Å². The van der Waals surface area contributed by atoms with Crippen LogP contribution in [0.25, 0.3) is 0 Å². The molecule has 7 heteroatoms. The van der Waals surface area contributed by atoms with Crippen LogP contribution in [-0.2, 0) is 9.53 Å². The molecule has 1 N–H and O–H groups in total. The Labute approximate surface area is 184 Å². The maximum absolute atomic E-state index is 13.0. The molecular weight excluding hydrogens is 410 g/mol. The highest BCUT2D eigenvalue weighted by molar-refractivity contribution is 6.30. The minimum atomic E-state index is -0.857. The molecule has 0 fully saturated rings. The number of carbonyl (C=O) groups excluding carboxylic acids is 4. The fourth-order valence-corrected chi connectivity index (χ4v) is 3.52. The quantitative estimate of drug-likeness (QED) is 0.470. The summed E-state index contributed by atoms with van der Waals surface area (Å²) in [5, 5.41) is 2.62. The number of ketones is 2. The van der Waals surface area contributed by atoms with Crippen molar-refractivity contribution in [2.24, 2.45) is 0 Å². The van der Waals surface area contributed by atoms with Gasteiger partial charge in [0.15, 0.2) is 18.2 Å². The molecule has 0 radical (unpaired) electrons. The zero-order valence-electron chi connectivity index (χ0n) is 17.2. The minimum absolute atomic E-state index is 0.00637. The smallest absolute Gasteiger partial charge is 0.339 e. The highest BCUT2D eigenvalue weighted by Crippen LogP contribution is 2.29. The van der Waals surface area contributed by atoms with E-state index in [4.69, 9.17) is 9.47 Å². The Kier molecular flexibility index (Phi) is 5.81. The largest absolute Gasteiger partial charge is 0.494 e. The summed E-state index contributed by atoms with van der Waals surface area (Å²) in [5.41, 5.74) is 1.13. The Morgan fingerprint density at radius 1 is 0.812 bits per heavy atom. The zero-order chi connectivity index (χ0) is 22.7. The fourth-order valence-electron chi connectivity index (χ4n) is 3.52. The van der Waals surface area contributed by atoms with Crippen LogP contribution in [0.2, 0.25) is 0 Å². The molecule has 0 spiro atoms. The number of esters is 1. The normalized spacial score (nSPS) is 11.9. The summed E-state index contributed by atoms with van der Waals surface area (Å²) >= 11 is 0. The van der Waals surface area contributed by atoms with Gasteiger partial charge in [0.1, 0.15) is 5.75 Å². The van der Waals surface area contributed by atoms with Crippen molar-refractivity contribution in [3.05, 3.63) is 94.5 Å². The van der Waals surface area contributed by atoms with Gasteiger partial charge in [0.2, 0.25) is 0 Å². The molecule has 0 saturated carbocycles. The maximum Gasteiger partial charge on any atom is 0.339 e. The van der Waals surface area contributed by atoms with Crippen LogP contribution in [0, 0.1) is 0 Å². The van der Waals surface area contributed by atoms with Crippen LogP contribution in [0.5, 0.6) is 5.75 Å². The molecule has 0 unspecified atom stereocenters. The van der Waals surface area contributed by atoms with Gasteiger partial charge in [-0.25, -0.2) is 4.79 Å². The van der Waals surface area contributed by atoms with E-state index in [-0.39, 0.29) is 28.0 Å². The lowest BCUT2D eigenvalue weighted by atomic mass is 9.82. The van der Waals surface area contributed by atoms with Crippen LogP contribution in [-0.4, -0.2) is 36.7 Å². The number of rotatable bonds is 6. The Hall–Kier alpha value is -4.26. The van der Waals surface area contributed by atoms with E-state index in [2.05, 4.69) is 5.32 Å². The van der Waals surface area contributed by atoms with Gasteiger partial charge >= 0.3 is 5.97 Å². The molecule has 7 nitrogen and oxygen atoms in total. The molecule has 0 bridgehead atoms. The first-order valence-electron chi connectivity index (χ1n) is 10.0. The van der Waals surface area contributed by atoms with Crippen LogP contribution < -0.4 is 10.1 Å². The van der Waals surface area contributed by atoms with Crippen molar-refractivity contribution in [2.75, 3.05) is 18.5 Å². The van der Waals surface area contributed by atoms with E-state index < -0.39 is 24.3 Å². The van der Waals surface area contributed by atoms with Crippen LogP contribution in [0.15, 0.2) is 66.7 Å². The Balaban J connectivity index is 1.47. The third kappa shape index (κ3) is 4.00. The van der Waals surface area contributed by atoms with Crippen molar-refractivity contribution >= 4 is 29.1 Å². The lowest BCUT2D eigenvalue weighted by molar-refractivity contribution is -0.119. The second-order valence-electron chi connectivity index (χ2n) is 7.01. The number of ether oxygens (including phenoxy) is 2. The molecule has 0 aromatic heterocycles. The number of hydrogen-bond donors (Lipinski definition) is 1. The highest BCUT2D eigenvalue weighted by Gasteiger charge is 2.33.